The van der Waals surface area contributed by atoms with Crippen molar-refractivity contribution in [1.82, 2.24) is 45.5 Å². The van der Waals surface area contributed by atoms with Crippen molar-refractivity contribution in [3.63, 3.8) is 0 Å². The molecule has 6 heterocycles. The second-order valence-electron chi connectivity index (χ2n) is 22.3. The van der Waals surface area contributed by atoms with Gasteiger partial charge in [0.2, 0.25) is 23.6 Å². The van der Waals surface area contributed by atoms with Crippen LogP contribution in [0.4, 0.5) is 24.5 Å². The molecule has 462 valence electrons. The van der Waals surface area contributed by atoms with Crippen LogP contribution in [0.1, 0.15) is 104 Å². The largest absolute Gasteiger partial charge is 0.474 e. The average Bonchev–Trinajstić information content (AvgIpc) is 2.50. The van der Waals surface area contributed by atoms with Gasteiger partial charge in [0, 0.05) is 67.6 Å². The highest BCUT2D eigenvalue weighted by molar-refractivity contribution is 7.13. The minimum atomic E-state index is -4.59. The van der Waals surface area contributed by atoms with Crippen LogP contribution in [0.15, 0.2) is 84.8 Å². The van der Waals surface area contributed by atoms with Crippen LogP contribution in [0, 0.1) is 19.3 Å². The third-order valence-electron chi connectivity index (χ3n) is 14.7. The van der Waals surface area contributed by atoms with Crippen LogP contribution >= 0.6 is 11.3 Å². The van der Waals surface area contributed by atoms with E-state index in [0.717, 1.165) is 52.4 Å². The molecule has 8 rings (SSSR count). The summed E-state index contributed by atoms with van der Waals surface area (Å²) in [5.74, 6) is -1.34. The Balaban J connectivity index is 0.690. The maximum Gasteiger partial charge on any atom is 0.416 e. The van der Waals surface area contributed by atoms with E-state index in [1.165, 1.54) is 23.2 Å². The lowest BCUT2D eigenvalue weighted by atomic mass is 9.85. The Bertz CT molecular complexity index is 3220. The summed E-state index contributed by atoms with van der Waals surface area (Å²) in [5, 5.41) is 27.7. The number of amides is 4. The number of ether oxygens (including phenoxy) is 5. The van der Waals surface area contributed by atoms with E-state index in [-0.39, 0.29) is 62.6 Å². The number of carbonyl (C=O) groups excluding carboxylic acids is 4. The van der Waals surface area contributed by atoms with Gasteiger partial charge >= 0.3 is 6.18 Å². The van der Waals surface area contributed by atoms with Gasteiger partial charge in [0.25, 0.3) is 5.91 Å². The first-order valence-electron chi connectivity index (χ1n) is 28.8. The number of aliphatic hydroxyl groups excluding tert-OH is 1. The van der Waals surface area contributed by atoms with E-state index >= 15 is 0 Å². The normalized spacial score (nSPS) is 16.2. The molecule has 0 unspecified atom stereocenters. The monoisotopic (exact) mass is 1210 g/mol. The van der Waals surface area contributed by atoms with Gasteiger partial charge in [-0.05, 0) is 80.5 Å². The number of benzene rings is 2. The predicted molar refractivity (Wildman–Crippen MR) is 316 cm³/mol. The number of aromatic nitrogens is 6. The standard InChI is InChI=1S/C61H76F3N11O10S/c1-39(42-14-16-43(17-15-42)54-41(3)67-38-86-54)68-57(79)51-32-49(76)36-75(51)59(80)55(60(4,5)6)70-53(77)13-8-7-9-18-74-35-48(71-72-74)37-84-26-25-82-23-24-83-27-28-85-58-52(73-19-21-81-22-20-73)30-45(33-66-58)50-31-47(34-65-40(50)2)69-56(78)44-11-10-12-46(29-44)61(62,63)64/h10-12,14-17,29-31,33-35,38-39,49,51,55,76H,7-9,13,18-28,32,36-37H2,1-6H3,(H,68,79)(H,69,78)(H,70,77)/t39-,49-,51+,55-/m0/s1. The molecule has 0 radical (unpaired) electrons. The number of aryl methyl sites for hydroxylation is 3. The summed E-state index contributed by atoms with van der Waals surface area (Å²) in [6.45, 7) is 16.2. The summed E-state index contributed by atoms with van der Waals surface area (Å²) in [6.07, 6.45) is 1.82. The molecule has 2 aliphatic heterocycles. The highest BCUT2D eigenvalue weighted by Crippen LogP contribution is 2.35. The molecule has 4 aromatic heterocycles. The zero-order valence-electron chi connectivity index (χ0n) is 49.4. The zero-order chi connectivity index (χ0) is 61.4. The number of anilines is 2. The van der Waals surface area contributed by atoms with Crippen molar-refractivity contribution in [3.8, 4) is 27.4 Å². The zero-order valence-corrected chi connectivity index (χ0v) is 50.2. The summed E-state index contributed by atoms with van der Waals surface area (Å²) in [4.78, 5) is 72.1. The summed E-state index contributed by atoms with van der Waals surface area (Å²) in [5.41, 5.74) is 6.71. The molecule has 0 aliphatic carbocycles. The molecule has 21 nitrogen and oxygen atoms in total. The van der Waals surface area contributed by atoms with E-state index in [1.807, 2.05) is 83.6 Å². The number of hydrogen-bond acceptors (Lipinski definition) is 17. The third-order valence-corrected chi connectivity index (χ3v) is 15.7. The molecule has 4 atom stereocenters. The van der Waals surface area contributed by atoms with Crippen molar-refractivity contribution in [3.05, 3.63) is 119 Å². The quantitative estimate of drug-likeness (QED) is 0.0339. The molecule has 86 heavy (non-hydrogen) atoms. The fourth-order valence-electron chi connectivity index (χ4n) is 9.98. The number of rotatable bonds is 28. The van der Waals surface area contributed by atoms with Crippen molar-refractivity contribution >= 4 is 46.3 Å². The van der Waals surface area contributed by atoms with Gasteiger partial charge in [-0.15, -0.1) is 16.4 Å². The van der Waals surface area contributed by atoms with E-state index in [1.54, 1.807) is 28.3 Å². The highest BCUT2D eigenvalue weighted by Gasteiger charge is 2.45. The van der Waals surface area contributed by atoms with Crippen LogP contribution in [-0.2, 0) is 52.7 Å². The molecule has 0 spiro atoms. The number of β-amino-alcohol motifs (C(OH)–C–C–N with tert-alkyl or cyclic N) is 1. The van der Waals surface area contributed by atoms with Crippen molar-refractivity contribution in [2.75, 3.05) is 82.7 Å². The van der Waals surface area contributed by atoms with E-state index in [2.05, 4.69) is 46.1 Å². The Kier molecular flexibility index (Phi) is 22.7. The number of halogens is 3. The van der Waals surface area contributed by atoms with Gasteiger partial charge in [0.1, 0.15) is 30.1 Å². The summed E-state index contributed by atoms with van der Waals surface area (Å²) in [6, 6.07) is 13.6. The smallest absolute Gasteiger partial charge is 0.416 e. The summed E-state index contributed by atoms with van der Waals surface area (Å²) < 4.78 is 70.5. The van der Waals surface area contributed by atoms with Crippen LogP contribution in [0.2, 0.25) is 0 Å². The van der Waals surface area contributed by atoms with Crippen molar-refractivity contribution < 1.29 is 61.1 Å². The predicted octanol–water partition coefficient (Wildman–Crippen LogP) is 8.14. The lowest BCUT2D eigenvalue weighted by molar-refractivity contribution is -0.144. The maximum atomic E-state index is 14.1. The van der Waals surface area contributed by atoms with Crippen LogP contribution in [0.3, 0.4) is 0 Å². The van der Waals surface area contributed by atoms with Crippen molar-refractivity contribution in [1.29, 1.82) is 0 Å². The fraction of sp³-hybridized carbons (Fsp3) is 0.492. The van der Waals surface area contributed by atoms with Gasteiger partial charge in [-0.25, -0.2) is 9.97 Å². The van der Waals surface area contributed by atoms with Gasteiger partial charge in [0.15, 0.2) is 0 Å². The van der Waals surface area contributed by atoms with Crippen molar-refractivity contribution in [2.45, 2.75) is 117 Å². The number of pyridine rings is 2. The third kappa shape index (κ3) is 18.1. The Morgan fingerprint density at radius 1 is 0.837 bits per heavy atom. The van der Waals surface area contributed by atoms with Gasteiger partial charge in [0.05, 0.1) is 105 Å². The molecule has 6 aromatic rings. The molecule has 4 amide bonds. The average molecular weight is 1210 g/mol. The Morgan fingerprint density at radius 3 is 2.28 bits per heavy atom. The lowest BCUT2D eigenvalue weighted by Crippen LogP contribution is -2.57. The number of aliphatic hydroxyl groups is 1. The van der Waals surface area contributed by atoms with Gasteiger partial charge in [-0.2, -0.15) is 13.2 Å². The minimum Gasteiger partial charge on any atom is -0.474 e. The molecule has 0 bridgehead atoms. The topological polar surface area (TPSA) is 247 Å². The number of morpholine rings is 1. The lowest BCUT2D eigenvalue weighted by Gasteiger charge is -2.35. The Labute approximate surface area is 502 Å². The molecular weight excluding hydrogens is 1140 g/mol. The number of unbranched alkanes of at least 4 members (excludes halogenated alkanes) is 2. The van der Waals surface area contributed by atoms with Crippen molar-refractivity contribution in [2.24, 2.45) is 5.41 Å². The SMILES string of the molecule is Cc1ncc(NC(=O)c2cccc(C(F)(F)F)c2)cc1-c1cnc(OCCOCCOCCOCc2cn(CCCCCC(=O)N[C@@H](C(=O)N3C[C@@H](O)C[C@@H]3C(=O)N[C@@H](C)c3ccc(-c4scnc4C)cc3)C(C)(C)C)nn2)c(N2CCOCC2)c1. The van der Waals surface area contributed by atoms with Crippen LogP contribution in [0.5, 0.6) is 5.88 Å². The van der Waals surface area contributed by atoms with Gasteiger partial charge in [-0.1, -0.05) is 62.7 Å². The molecule has 2 saturated heterocycles. The molecule has 0 saturated carbocycles. The number of likely N-dealkylation sites (tertiary alicyclic amines) is 1. The second-order valence-corrected chi connectivity index (χ2v) is 23.2. The van der Waals surface area contributed by atoms with Gasteiger partial charge < -0.3 is 54.5 Å². The first kappa shape index (κ1) is 64.6. The number of thiazole rings is 1. The van der Waals surface area contributed by atoms with Gasteiger partial charge in [-0.3, -0.25) is 28.8 Å². The van der Waals surface area contributed by atoms with Crippen LogP contribution in [-0.4, -0.2) is 154 Å². The molecule has 25 heteroatoms. The van der Waals surface area contributed by atoms with E-state index in [0.29, 0.717) is 99.8 Å². The van der Waals surface area contributed by atoms with E-state index in [9.17, 15) is 37.5 Å². The first-order chi connectivity index (χ1) is 41.2. The number of nitrogens with zero attached hydrogens (tertiary/aromatic N) is 8. The van der Waals surface area contributed by atoms with Crippen LogP contribution in [0.25, 0.3) is 21.6 Å². The number of alkyl halides is 3. The molecule has 2 aliphatic rings. The van der Waals surface area contributed by atoms with E-state index in [4.69, 9.17) is 23.7 Å². The first-order valence-corrected chi connectivity index (χ1v) is 29.7. The molecular formula is C61H76F3N11O10S. The number of nitrogens with one attached hydrogen (secondary N) is 3. The fourth-order valence-corrected chi connectivity index (χ4v) is 10.8. The molecule has 4 N–H and O–H groups in total. The Morgan fingerprint density at radius 2 is 1.57 bits per heavy atom. The molecule has 2 aromatic carbocycles. The maximum absolute atomic E-state index is 14.1. The summed E-state index contributed by atoms with van der Waals surface area (Å²) >= 11 is 1.57. The van der Waals surface area contributed by atoms with E-state index < -0.39 is 47.2 Å². The van der Waals surface area contributed by atoms with Crippen LogP contribution < -0.4 is 25.6 Å². The molecule has 2 fully saturated rings. The summed E-state index contributed by atoms with van der Waals surface area (Å²) in [7, 11) is 0. The Hall–Kier alpha value is -7.42. The highest BCUT2D eigenvalue weighted by atomic mass is 32.1. The number of hydrogen-bond donors (Lipinski definition) is 4. The second kappa shape index (κ2) is 30.3. The minimum absolute atomic E-state index is 0.00849. The number of carbonyl (C=O) groups is 4.